The van der Waals surface area contributed by atoms with Crippen LogP contribution in [0.5, 0.6) is 0 Å². The average Bonchev–Trinajstić information content (AvgIpc) is 2.76. The van der Waals surface area contributed by atoms with Gasteiger partial charge < -0.3 is 10.1 Å². The third-order valence-corrected chi connectivity index (χ3v) is 4.85. The molecule has 0 aromatic rings. The molecular formula is C12H23NOS. The minimum absolute atomic E-state index is 0.797. The molecule has 1 heterocycles. The summed E-state index contributed by atoms with van der Waals surface area (Å²) in [4.78, 5) is 0. The van der Waals surface area contributed by atoms with E-state index in [2.05, 4.69) is 11.6 Å². The van der Waals surface area contributed by atoms with Gasteiger partial charge in [0.15, 0.2) is 0 Å². The van der Waals surface area contributed by atoms with E-state index in [0.29, 0.717) is 0 Å². The van der Waals surface area contributed by atoms with Crippen molar-refractivity contribution in [2.45, 2.75) is 43.4 Å². The van der Waals surface area contributed by atoms with E-state index in [1.54, 1.807) is 0 Å². The molecule has 2 fully saturated rings. The molecule has 0 bridgehead atoms. The van der Waals surface area contributed by atoms with Gasteiger partial charge in [-0.3, -0.25) is 0 Å². The lowest BCUT2D eigenvalue weighted by molar-refractivity contribution is 0.0655. The fourth-order valence-electron chi connectivity index (χ4n) is 2.62. The van der Waals surface area contributed by atoms with Gasteiger partial charge in [-0.2, -0.15) is 11.8 Å². The van der Waals surface area contributed by atoms with Gasteiger partial charge in [-0.1, -0.05) is 0 Å². The van der Waals surface area contributed by atoms with E-state index < -0.39 is 0 Å². The summed E-state index contributed by atoms with van der Waals surface area (Å²) >= 11 is 2.04. The van der Waals surface area contributed by atoms with E-state index in [9.17, 15) is 0 Å². The molecular weight excluding hydrogens is 206 g/mol. The highest BCUT2D eigenvalue weighted by atomic mass is 32.2. The molecule has 3 heteroatoms. The van der Waals surface area contributed by atoms with Crippen molar-refractivity contribution < 1.29 is 4.74 Å². The maximum absolute atomic E-state index is 5.37. The van der Waals surface area contributed by atoms with Crippen LogP contribution in [-0.4, -0.2) is 37.3 Å². The summed E-state index contributed by atoms with van der Waals surface area (Å²) in [6, 6.07) is 0.797. The van der Waals surface area contributed by atoms with Gasteiger partial charge in [-0.15, -0.1) is 0 Å². The van der Waals surface area contributed by atoms with Crippen molar-refractivity contribution in [1.82, 2.24) is 5.32 Å². The summed E-state index contributed by atoms with van der Waals surface area (Å²) in [5.74, 6) is 0.868. The Morgan fingerprint density at radius 1 is 1.20 bits per heavy atom. The lowest BCUT2D eigenvalue weighted by Gasteiger charge is -2.24. The van der Waals surface area contributed by atoms with Crippen LogP contribution in [0.4, 0.5) is 0 Å². The molecule has 1 saturated carbocycles. The first-order valence-electron chi connectivity index (χ1n) is 6.22. The Hall–Kier alpha value is 0.270. The summed E-state index contributed by atoms with van der Waals surface area (Å²) < 4.78 is 5.37. The van der Waals surface area contributed by atoms with E-state index in [-0.39, 0.29) is 0 Å². The van der Waals surface area contributed by atoms with E-state index in [1.165, 1.54) is 38.6 Å². The standard InChI is InChI=1S/C12H23NOS/c1-15-12-3-2-11(8-12)13-9-10-4-6-14-7-5-10/h10-13H,2-9H2,1H3. The zero-order valence-electron chi connectivity index (χ0n) is 9.71. The summed E-state index contributed by atoms with van der Waals surface area (Å²) in [6.07, 6.45) is 8.93. The first kappa shape index (κ1) is 11.7. The fraction of sp³-hybridized carbons (Fsp3) is 1.00. The first-order valence-corrected chi connectivity index (χ1v) is 7.51. The SMILES string of the molecule is CSC1CCC(NCC2CCOCC2)C1. The van der Waals surface area contributed by atoms with Gasteiger partial charge in [0.25, 0.3) is 0 Å². The van der Waals surface area contributed by atoms with Crippen molar-refractivity contribution in [3.05, 3.63) is 0 Å². The predicted molar refractivity (Wildman–Crippen MR) is 66.5 cm³/mol. The van der Waals surface area contributed by atoms with Gasteiger partial charge in [-0.25, -0.2) is 0 Å². The molecule has 1 N–H and O–H groups in total. The zero-order chi connectivity index (χ0) is 10.5. The van der Waals surface area contributed by atoms with Crippen molar-refractivity contribution in [1.29, 1.82) is 0 Å². The maximum atomic E-state index is 5.37. The molecule has 2 unspecified atom stereocenters. The van der Waals surface area contributed by atoms with Crippen LogP contribution in [0.15, 0.2) is 0 Å². The van der Waals surface area contributed by atoms with E-state index >= 15 is 0 Å². The third-order valence-electron chi connectivity index (χ3n) is 3.75. The summed E-state index contributed by atoms with van der Waals surface area (Å²) in [5.41, 5.74) is 0. The van der Waals surface area contributed by atoms with Crippen LogP contribution in [-0.2, 0) is 4.74 Å². The van der Waals surface area contributed by atoms with Crippen LogP contribution in [0.25, 0.3) is 0 Å². The van der Waals surface area contributed by atoms with Crippen molar-refractivity contribution in [3.63, 3.8) is 0 Å². The molecule has 2 rings (SSSR count). The van der Waals surface area contributed by atoms with Crippen molar-refractivity contribution >= 4 is 11.8 Å². The highest BCUT2D eigenvalue weighted by Gasteiger charge is 2.24. The maximum Gasteiger partial charge on any atom is 0.0469 e. The van der Waals surface area contributed by atoms with Crippen LogP contribution < -0.4 is 5.32 Å². The molecule has 1 saturated heterocycles. The molecule has 0 amide bonds. The Balaban J connectivity index is 1.61. The monoisotopic (exact) mass is 229 g/mol. The second-order valence-electron chi connectivity index (χ2n) is 4.83. The molecule has 2 atom stereocenters. The zero-order valence-corrected chi connectivity index (χ0v) is 10.5. The fourth-order valence-corrected chi connectivity index (χ4v) is 3.42. The highest BCUT2D eigenvalue weighted by Crippen LogP contribution is 2.28. The van der Waals surface area contributed by atoms with Crippen molar-refractivity contribution in [2.75, 3.05) is 26.0 Å². The second-order valence-corrected chi connectivity index (χ2v) is 5.97. The van der Waals surface area contributed by atoms with Gasteiger partial charge >= 0.3 is 0 Å². The minimum Gasteiger partial charge on any atom is -0.381 e. The van der Waals surface area contributed by atoms with Crippen LogP contribution in [0.3, 0.4) is 0 Å². The Morgan fingerprint density at radius 2 is 2.00 bits per heavy atom. The molecule has 1 aliphatic carbocycles. The summed E-state index contributed by atoms with van der Waals surface area (Å²) in [5, 5.41) is 4.66. The third kappa shape index (κ3) is 3.65. The normalized spacial score (nSPS) is 33.4. The number of hydrogen-bond donors (Lipinski definition) is 1. The molecule has 2 aliphatic rings. The van der Waals surface area contributed by atoms with Gasteiger partial charge in [0, 0.05) is 24.5 Å². The Morgan fingerprint density at radius 3 is 2.67 bits per heavy atom. The quantitative estimate of drug-likeness (QED) is 0.799. The molecule has 0 radical (unpaired) electrons. The van der Waals surface area contributed by atoms with Crippen LogP contribution in [0, 0.1) is 5.92 Å². The van der Waals surface area contributed by atoms with Crippen LogP contribution >= 0.6 is 11.8 Å². The van der Waals surface area contributed by atoms with Gasteiger partial charge in [-0.05, 0) is 50.8 Å². The van der Waals surface area contributed by atoms with Gasteiger partial charge in [0.1, 0.15) is 0 Å². The smallest absolute Gasteiger partial charge is 0.0469 e. The highest BCUT2D eigenvalue weighted by molar-refractivity contribution is 7.99. The molecule has 0 aromatic heterocycles. The predicted octanol–water partition coefficient (Wildman–Crippen LogP) is 2.29. The van der Waals surface area contributed by atoms with Crippen molar-refractivity contribution in [3.8, 4) is 0 Å². The summed E-state index contributed by atoms with van der Waals surface area (Å²) in [6.45, 7) is 3.17. The van der Waals surface area contributed by atoms with Crippen molar-refractivity contribution in [2.24, 2.45) is 5.92 Å². The van der Waals surface area contributed by atoms with Gasteiger partial charge in [0.05, 0.1) is 0 Å². The largest absolute Gasteiger partial charge is 0.381 e. The number of hydrogen-bond acceptors (Lipinski definition) is 3. The molecule has 2 nitrogen and oxygen atoms in total. The molecule has 15 heavy (non-hydrogen) atoms. The van der Waals surface area contributed by atoms with E-state index in [0.717, 1.165) is 30.4 Å². The molecule has 1 aliphatic heterocycles. The minimum atomic E-state index is 0.797. The summed E-state index contributed by atoms with van der Waals surface area (Å²) in [7, 11) is 0. The van der Waals surface area contributed by atoms with Gasteiger partial charge in [0.2, 0.25) is 0 Å². The topological polar surface area (TPSA) is 21.3 Å². The van der Waals surface area contributed by atoms with Crippen LogP contribution in [0.1, 0.15) is 32.1 Å². The van der Waals surface area contributed by atoms with E-state index in [1.807, 2.05) is 11.8 Å². The number of rotatable bonds is 4. The number of thioether (sulfide) groups is 1. The molecule has 0 aromatic carbocycles. The molecule has 88 valence electrons. The lowest BCUT2D eigenvalue weighted by atomic mass is 10.00. The Labute approximate surface area is 97.5 Å². The first-order chi connectivity index (χ1) is 7.38. The Kier molecular flexibility index (Phi) is 4.79. The number of nitrogens with one attached hydrogen (secondary N) is 1. The molecule has 0 spiro atoms. The lowest BCUT2D eigenvalue weighted by Crippen LogP contribution is -2.34. The second kappa shape index (κ2) is 6.12. The van der Waals surface area contributed by atoms with Crippen LogP contribution in [0.2, 0.25) is 0 Å². The Bertz CT molecular complexity index is 182. The van der Waals surface area contributed by atoms with E-state index in [4.69, 9.17) is 4.74 Å². The number of ether oxygens (including phenoxy) is 1. The average molecular weight is 229 g/mol.